The third-order valence-electron chi connectivity index (χ3n) is 5.66. The molecule has 0 aliphatic carbocycles. The molecule has 0 radical (unpaired) electrons. The summed E-state index contributed by atoms with van der Waals surface area (Å²) < 4.78 is 78.3. The van der Waals surface area contributed by atoms with Gasteiger partial charge in [0, 0.05) is 41.4 Å². The van der Waals surface area contributed by atoms with Crippen molar-refractivity contribution in [3.05, 3.63) is 53.0 Å². The topological polar surface area (TPSA) is 174 Å². The van der Waals surface area contributed by atoms with Gasteiger partial charge in [-0.15, -0.1) is 0 Å². The molecule has 0 aromatic carbocycles. The van der Waals surface area contributed by atoms with Crippen molar-refractivity contribution in [3.63, 3.8) is 0 Å². The maximum absolute atomic E-state index is 10.8. The van der Waals surface area contributed by atoms with Gasteiger partial charge in [0.15, 0.2) is 11.2 Å². The fourth-order valence-corrected chi connectivity index (χ4v) is 5.07. The average Bonchev–Trinajstić information content (AvgIpc) is 3.42. The summed E-state index contributed by atoms with van der Waals surface area (Å²) in [6.45, 7) is 2.82. The minimum atomic E-state index is -4.23. The van der Waals surface area contributed by atoms with E-state index in [4.69, 9.17) is 8.83 Å². The van der Waals surface area contributed by atoms with Crippen LogP contribution in [-0.4, -0.2) is 54.0 Å². The van der Waals surface area contributed by atoms with Gasteiger partial charge in [0.05, 0.1) is 33.0 Å². The number of rotatable bonds is 12. The van der Waals surface area contributed by atoms with E-state index in [1.54, 1.807) is 36.4 Å². The summed E-state index contributed by atoms with van der Waals surface area (Å²) in [7, 11) is -8.45. The zero-order valence-electron chi connectivity index (χ0n) is 21.6. The van der Waals surface area contributed by atoms with E-state index in [9.17, 15) is 25.9 Å². The van der Waals surface area contributed by atoms with Crippen LogP contribution < -0.4 is 50.0 Å². The number of oxazole rings is 2. The molecule has 0 atom stereocenters. The molecule has 3 aromatic heterocycles. The Bertz CT molecular complexity index is 1710. The fourth-order valence-electron chi connectivity index (χ4n) is 3.96. The second-order valence-corrected chi connectivity index (χ2v) is 11.9. The Kier molecular flexibility index (Phi) is 10.7. The fraction of sp³-hybridized carbons (Fsp3) is 0.375. The van der Waals surface area contributed by atoms with Crippen molar-refractivity contribution < 1.29 is 68.9 Å². The molecule has 12 nitrogen and oxygen atoms in total. The molecular weight excluding hydrogens is 559 g/mol. The molecule has 0 bridgehead atoms. The second-order valence-electron chi connectivity index (χ2n) is 8.85. The first-order valence-electron chi connectivity index (χ1n) is 11.9. The van der Waals surface area contributed by atoms with Crippen molar-refractivity contribution in [2.24, 2.45) is 0 Å². The largest absolute Gasteiger partial charge is 1.00 e. The summed E-state index contributed by atoms with van der Waals surface area (Å²) >= 11 is 0. The molecule has 4 heterocycles. The Morgan fingerprint density at radius 2 is 1.77 bits per heavy atom. The normalized spacial score (nSPS) is 14.4. The van der Waals surface area contributed by atoms with Gasteiger partial charge in [-0.2, -0.15) is 4.98 Å². The third kappa shape index (κ3) is 9.38. The first kappa shape index (κ1) is 31.2. The van der Waals surface area contributed by atoms with Crippen LogP contribution in [0.1, 0.15) is 38.5 Å². The number of anilines is 1. The average molecular weight is 587 g/mol. The summed E-state index contributed by atoms with van der Waals surface area (Å²) in [5.74, 6) is 0.180. The molecule has 4 rings (SSSR count). The molecule has 0 unspecified atom stereocenters. The number of nitrogens with zero attached hydrogens (tertiary/aromatic N) is 4. The number of hydrogen-bond acceptors (Lipinski definition) is 11. The molecule has 39 heavy (non-hydrogen) atoms. The van der Waals surface area contributed by atoms with Gasteiger partial charge >= 0.3 is 41.1 Å². The number of hydrogen-bond donors (Lipinski definition) is 0. The number of aromatic nitrogens is 3. The second kappa shape index (κ2) is 13.4. The van der Waals surface area contributed by atoms with Crippen LogP contribution >= 0.6 is 0 Å². The SMILES string of the molecule is CC(/C=c1/nc2c(o1)=CC=CN2CCCCS(=O)(=O)[O-])=C\c1nc2c(ccc[n+]2CCCCS(=O)(=O)[O-])o1.[Na+]. The molecular formula is C24H27N4NaO8S2. The van der Waals surface area contributed by atoms with E-state index < -0.39 is 31.7 Å². The first-order valence-corrected chi connectivity index (χ1v) is 15.1. The van der Waals surface area contributed by atoms with Crippen molar-refractivity contribution in [1.82, 2.24) is 9.97 Å². The van der Waals surface area contributed by atoms with E-state index >= 15 is 0 Å². The Hall–Kier alpha value is -2.33. The van der Waals surface area contributed by atoms with E-state index in [1.807, 2.05) is 28.8 Å². The third-order valence-corrected chi connectivity index (χ3v) is 7.24. The van der Waals surface area contributed by atoms with E-state index in [2.05, 4.69) is 9.97 Å². The standard InChI is InChI=1S/C24H28N4O8S2.Na/c1-18(16-21-25-23-19(35-21)8-6-12-27(23)10-2-4-14-37(29,30)31)17-22-26-24-20(36-22)9-7-13-28(24)11-3-5-15-38(32,33)34;/h6-9,12-13,16-17H,2-5,10-11,14-15H2,1H3,(H-,29,30,31,32,33,34);/q;+1/p-1. The molecule has 0 N–H and O–H groups in total. The van der Waals surface area contributed by atoms with E-state index in [1.165, 1.54) is 0 Å². The van der Waals surface area contributed by atoms with Crippen molar-refractivity contribution in [3.8, 4) is 0 Å². The Morgan fingerprint density at radius 3 is 2.49 bits per heavy atom. The molecule has 15 heteroatoms. The summed E-state index contributed by atoms with van der Waals surface area (Å²) in [5, 5.41) is 0. The number of unbranched alkanes of at least 4 members (excludes halogenated alkanes) is 2. The smallest absolute Gasteiger partial charge is 0.748 e. The van der Waals surface area contributed by atoms with Gasteiger partial charge in [0.1, 0.15) is 0 Å². The molecule has 204 valence electrons. The minimum Gasteiger partial charge on any atom is -0.748 e. The molecule has 0 amide bonds. The van der Waals surface area contributed by atoms with Crippen molar-refractivity contribution >= 4 is 55.5 Å². The molecule has 1 aliphatic heterocycles. The Balaban J connectivity index is 0.00000420. The molecule has 1 aliphatic rings. The summed E-state index contributed by atoms with van der Waals surface area (Å²) in [5.41, 5.74) is 2.87. The Labute approximate surface area is 248 Å². The van der Waals surface area contributed by atoms with Gasteiger partial charge in [0.25, 0.3) is 0 Å². The van der Waals surface area contributed by atoms with Crippen LogP contribution in [0.25, 0.3) is 29.5 Å². The van der Waals surface area contributed by atoms with Crippen LogP contribution in [0.4, 0.5) is 5.82 Å². The van der Waals surface area contributed by atoms with Crippen molar-refractivity contribution in [1.29, 1.82) is 0 Å². The van der Waals surface area contributed by atoms with Gasteiger partial charge in [0.2, 0.25) is 11.1 Å². The van der Waals surface area contributed by atoms with Crippen LogP contribution in [-0.2, 0) is 26.8 Å². The summed E-state index contributed by atoms with van der Waals surface area (Å²) in [6, 6.07) is 3.58. The Morgan fingerprint density at radius 1 is 1.05 bits per heavy atom. The van der Waals surface area contributed by atoms with E-state index in [0.717, 1.165) is 5.57 Å². The van der Waals surface area contributed by atoms with Gasteiger partial charge in [-0.05, 0) is 62.5 Å². The summed E-state index contributed by atoms with van der Waals surface area (Å²) in [4.78, 5) is 10.9. The van der Waals surface area contributed by atoms with Crippen LogP contribution in [0.15, 0.2) is 45.0 Å². The molecule has 0 spiro atoms. The predicted octanol–water partition coefficient (Wildman–Crippen LogP) is -2.24. The van der Waals surface area contributed by atoms with E-state index in [0.29, 0.717) is 59.8 Å². The van der Waals surface area contributed by atoms with Crippen molar-refractivity contribution in [2.75, 3.05) is 23.0 Å². The van der Waals surface area contributed by atoms with Crippen LogP contribution in [0.2, 0.25) is 0 Å². The van der Waals surface area contributed by atoms with E-state index in [-0.39, 0.29) is 42.4 Å². The number of aryl methyl sites for hydroxylation is 1. The maximum atomic E-state index is 10.8. The zero-order chi connectivity index (χ0) is 27.3. The van der Waals surface area contributed by atoms with Gasteiger partial charge in [-0.1, -0.05) is 0 Å². The van der Waals surface area contributed by atoms with Gasteiger partial charge in [-0.3, -0.25) is 0 Å². The monoisotopic (exact) mass is 586 g/mol. The minimum absolute atomic E-state index is 0. The quantitative estimate of drug-likeness (QED) is 0.0971. The van der Waals surface area contributed by atoms with Gasteiger partial charge < -0.3 is 22.8 Å². The predicted molar refractivity (Wildman–Crippen MR) is 137 cm³/mol. The molecule has 0 saturated heterocycles. The van der Waals surface area contributed by atoms with Gasteiger partial charge in [-0.25, -0.2) is 21.4 Å². The first-order chi connectivity index (χ1) is 18.0. The maximum Gasteiger partial charge on any atom is 1.00 e. The molecule has 3 aromatic rings. The summed E-state index contributed by atoms with van der Waals surface area (Å²) in [6.07, 6.45) is 12.2. The zero-order valence-corrected chi connectivity index (χ0v) is 25.3. The van der Waals surface area contributed by atoms with Crippen LogP contribution in [0.3, 0.4) is 0 Å². The molecule has 0 saturated carbocycles. The van der Waals surface area contributed by atoms with Crippen LogP contribution in [0.5, 0.6) is 0 Å². The number of pyridine rings is 1. The number of allylic oxidation sites excluding steroid dienone is 2. The molecule has 0 fully saturated rings. The van der Waals surface area contributed by atoms with Crippen molar-refractivity contribution in [2.45, 2.75) is 39.2 Å². The number of fused-ring (bicyclic) bond motifs is 2. The van der Waals surface area contributed by atoms with Crippen LogP contribution in [0, 0.1) is 0 Å².